The van der Waals surface area contributed by atoms with Gasteiger partial charge in [-0.25, -0.2) is 0 Å². The van der Waals surface area contributed by atoms with Crippen molar-refractivity contribution in [1.82, 2.24) is 4.57 Å². The molecule has 1 rings (SSSR count). The molecule has 0 aliphatic heterocycles. The van der Waals surface area contributed by atoms with Crippen LogP contribution in [0, 0.1) is 0 Å². The Bertz CT molecular complexity index is 250. The van der Waals surface area contributed by atoms with Crippen molar-refractivity contribution in [3.05, 3.63) is 24.0 Å². The Labute approximate surface area is 59.6 Å². The van der Waals surface area contributed by atoms with E-state index in [1.54, 1.807) is 6.92 Å². The van der Waals surface area contributed by atoms with E-state index in [9.17, 15) is 0 Å². The van der Waals surface area contributed by atoms with E-state index in [2.05, 4.69) is 5.16 Å². The van der Waals surface area contributed by atoms with Gasteiger partial charge in [0.1, 0.15) is 0 Å². The number of hydrogen-bond acceptors (Lipinski definition) is 2. The first-order chi connectivity index (χ1) is 4.74. The first kappa shape index (κ1) is 6.86. The van der Waals surface area contributed by atoms with E-state index in [0.717, 1.165) is 5.56 Å². The number of oxime groups is 1. The molecular formula is C7H10N2O. The molecule has 54 valence electrons. The molecule has 0 aliphatic rings. The number of aromatic nitrogens is 1. The Morgan fingerprint density at radius 2 is 2.40 bits per heavy atom. The molecule has 0 aromatic carbocycles. The summed E-state index contributed by atoms with van der Waals surface area (Å²) in [4.78, 5) is 0. The summed E-state index contributed by atoms with van der Waals surface area (Å²) in [7, 11) is 1.92. The van der Waals surface area contributed by atoms with Crippen molar-refractivity contribution in [2.45, 2.75) is 6.92 Å². The summed E-state index contributed by atoms with van der Waals surface area (Å²) < 4.78 is 1.91. The fraction of sp³-hybridized carbons (Fsp3) is 0.286. The normalized spacial score (nSPS) is 12.0. The molecule has 0 saturated heterocycles. The Morgan fingerprint density at radius 1 is 1.70 bits per heavy atom. The zero-order valence-electron chi connectivity index (χ0n) is 6.07. The molecule has 0 bridgehead atoms. The average Bonchev–Trinajstić information content (AvgIpc) is 2.34. The Morgan fingerprint density at radius 3 is 2.80 bits per heavy atom. The molecule has 1 aromatic heterocycles. The van der Waals surface area contributed by atoms with Crippen LogP contribution in [0.5, 0.6) is 0 Å². The molecule has 1 N–H and O–H groups in total. The lowest BCUT2D eigenvalue weighted by atomic mass is 10.2. The lowest BCUT2D eigenvalue weighted by Crippen LogP contribution is -1.91. The predicted molar refractivity (Wildman–Crippen MR) is 39.4 cm³/mol. The van der Waals surface area contributed by atoms with Crippen LogP contribution in [0.15, 0.2) is 23.6 Å². The van der Waals surface area contributed by atoms with Gasteiger partial charge in [0.15, 0.2) is 0 Å². The molecule has 0 atom stereocenters. The molecule has 1 aromatic rings. The number of rotatable bonds is 1. The highest BCUT2D eigenvalue weighted by atomic mass is 16.4. The quantitative estimate of drug-likeness (QED) is 0.353. The fourth-order valence-electron chi connectivity index (χ4n) is 0.775. The topological polar surface area (TPSA) is 37.5 Å². The second-order valence-corrected chi connectivity index (χ2v) is 2.25. The van der Waals surface area contributed by atoms with Crippen molar-refractivity contribution in [2.75, 3.05) is 0 Å². The standard InChI is InChI=1S/C7H10N2O/c1-6(8-10)7-3-4-9(2)5-7/h3-5,10H,1-2H3. The van der Waals surface area contributed by atoms with Gasteiger partial charge in [-0.1, -0.05) is 5.16 Å². The minimum absolute atomic E-state index is 0.639. The van der Waals surface area contributed by atoms with E-state index >= 15 is 0 Å². The SMILES string of the molecule is CC(=NO)c1ccn(C)c1. The summed E-state index contributed by atoms with van der Waals surface area (Å²) in [5.41, 5.74) is 1.59. The maximum absolute atomic E-state index is 8.38. The molecule has 1 heterocycles. The highest BCUT2D eigenvalue weighted by molar-refractivity contribution is 5.98. The molecular weight excluding hydrogens is 128 g/mol. The Kier molecular flexibility index (Phi) is 1.76. The van der Waals surface area contributed by atoms with Gasteiger partial charge >= 0.3 is 0 Å². The van der Waals surface area contributed by atoms with Crippen molar-refractivity contribution in [1.29, 1.82) is 0 Å². The highest BCUT2D eigenvalue weighted by Gasteiger charge is 1.96. The van der Waals surface area contributed by atoms with Crippen LogP contribution in [-0.2, 0) is 7.05 Å². The van der Waals surface area contributed by atoms with Crippen molar-refractivity contribution in [2.24, 2.45) is 12.2 Å². The van der Waals surface area contributed by atoms with Gasteiger partial charge in [0, 0.05) is 25.0 Å². The second kappa shape index (κ2) is 2.56. The van der Waals surface area contributed by atoms with E-state index in [4.69, 9.17) is 5.21 Å². The maximum atomic E-state index is 8.38. The van der Waals surface area contributed by atoms with Gasteiger partial charge in [-0.05, 0) is 13.0 Å². The summed E-state index contributed by atoms with van der Waals surface area (Å²) in [5.74, 6) is 0. The third-order valence-electron chi connectivity index (χ3n) is 1.40. The number of nitrogens with zero attached hydrogens (tertiary/aromatic N) is 2. The fourth-order valence-corrected chi connectivity index (χ4v) is 0.775. The van der Waals surface area contributed by atoms with Crippen LogP contribution < -0.4 is 0 Å². The molecule has 0 saturated carbocycles. The predicted octanol–water partition coefficient (Wildman–Crippen LogP) is 1.22. The van der Waals surface area contributed by atoms with E-state index < -0.39 is 0 Å². The van der Waals surface area contributed by atoms with Crippen LogP contribution in [0.3, 0.4) is 0 Å². The molecule has 0 spiro atoms. The highest BCUT2D eigenvalue weighted by Crippen LogP contribution is 2.00. The zero-order chi connectivity index (χ0) is 7.56. The summed E-state index contributed by atoms with van der Waals surface area (Å²) in [5, 5.41) is 11.5. The van der Waals surface area contributed by atoms with E-state index in [0.29, 0.717) is 5.71 Å². The number of hydrogen-bond donors (Lipinski definition) is 1. The van der Waals surface area contributed by atoms with Gasteiger partial charge in [0.05, 0.1) is 5.71 Å². The minimum atomic E-state index is 0.639. The summed E-state index contributed by atoms with van der Waals surface area (Å²) in [6.45, 7) is 1.76. The van der Waals surface area contributed by atoms with Crippen LogP contribution in [0.4, 0.5) is 0 Å². The number of aryl methyl sites for hydroxylation is 1. The van der Waals surface area contributed by atoms with Gasteiger partial charge < -0.3 is 9.77 Å². The molecule has 0 fully saturated rings. The first-order valence-electron chi connectivity index (χ1n) is 3.05. The molecule has 0 unspecified atom stereocenters. The van der Waals surface area contributed by atoms with Crippen molar-refractivity contribution in [3.63, 3.8) is 0 Å². The lowest BCUT2D eigenvalue weighted by Gasteiger charge is -1.89. The van der Waals surface area contributed by atoms with Crippen molar-refractivity contribution >= 4 is 5.71 Å². The largest absolute Gasteiger partial charge is 0.411 e. The monoisotopic (exact) mass is 138 g/mol. The van der Waals surface area contributed by atoms with Gasteiger partial charge in [-0.15, -0.1) is 0 Å². The van der Waals surface area contributed by atoms with Gasteiger partial charge in [-0.2, -0.15) is 0 Å². The molecule has 10 heavy (non-hydrogen) atoms. The third-order valence-corrected chi connectivity index (χ3v) is 1.40. The average molecular weight is 138 g/mol. The third kappa shape index (κ3) is 1.18. The first-order valence-corrected chi connectivity index (χ1v) is 3.05. The van der Waals surface area contributed by atoms with Gasteiger partial charge in [0.25, 0.3) is 0 Å². The molecule has 0 radical (unpaired) electrons. The van der Waals surface area contributed by atoms with Gasteiger partial charge in [0.2, 0.25) is 0 Å². The second-order valence-electron chi connectivity index (χ2n) is 2.25. The lowest BCUT2D eigenvalue weighted by molar-refractivity contribution is 0.319. The zero-order valence-corrected chi connectivity index (χ0v) is 6.07. The van der Waals surface area contributed by atoms with E-state index in [-0.39, 0.29) is 0 Å². The Hall–Kier alpha value is -1.25. The van der Waals surface area contributed by atoms with E-state index in [1.165, 1.54) is 0 Å². The van der Waals surface area contributed by atoms with Crippen LogP contribution >= 0.6 is 0 Å². The minimum Gasteiger partial charge on any atom is -0.411 e. The van der Waals surface area contributed by atoms with Crippen LogP contribution in [0.1, 0.15) is 12.5 Å². The molecule has 3 heteroatoms. The van der Waals surface area contributed by atoms with Crippen LogP contribution in [-0.4, -0.2) is 15.5 Å². The summed E-state index contributed by atoms with van der Waals surface area (Å²) >= 11 is 0. The molecule has 0 aliphatic carbocycles. The van der Waals surface area contributed by atoms with E-state index in [1.807, 2.05) is 30.1 Å². The van der Waals surface area contributed by atoms with Crippen molar-refractivity contribution in [3.8, 4) is 0 Å². The summed E-state index contributed by atoms with van der Waals surface area (Å²) in [6, 6.07) is 1.90. The van der Waals surface area contributed by atoms with Crippen molar-refractivity contribution < 1.29 is 5.21 Å². The molecule has 3 nitrogen and oxygen atoms in total. The maximum Gasteiger partial charge on any atom is 0.0852 e. The van der Waals surface area contributed by atoms with Crippen LogP contribution in [0.2, 0.25) is 0 Å². The smallest absolute Gasteiger partial charge is 0.0852 e. The van der Waals surface area contributed by atoms with Gasteiger partial charge in [-0.3, -0.25) is 0 Å². The molecule has 0 amide bonds. The summed E-state index contributed by atoms with van der Waals surface area (Å²) in [6.07, 6.45) is 3.80. The Balaban J connectivity index is 2.95. The van der Waals surface area contributed by atoms with Crippen LogP contribution in [0.25, 0.3) is 0 Å².